The zero-order valence-corrected chi connectivity index (χ0v) is 9.97. The second-order valence-electron chi connectivity index (χ2n) is 3.54. The molecule has 1 aliphatic carbocycles. The maximum Gasteiger partial charge on any atom is 0.313 e. The van der Waals surface area contributed by atoms with E-state index in [4.69, 9.17) is 4.74 Å². The monoisotopic (exact) mass is 242 g/mol. The first-order valence-electron chi connectivity index (χ1n) is 5.28. The molecule has 0 spiro atoms. The summed E-state index contributed by atoms with van der Waals surface area (Å²) in [5.74, 6) is -0.632. The Labute approximate surface area is 96.1 Å². The van der Waals surface area contributed by atoms with Gasteiger partial charge in [-0.2, -0.15) is 8.42 Å². The van der Waals surface area contributed by atoms with Crippen LogP contribution in [0.1, 0.15) is 32.6 Å². The first kappa shape index (κ1) is 12.8. The highest BCUT2D eigenvalue weighted by molar-refractivity contribution is 7.70. The molecule has 0 heterocycles. The van der Waals surface area contributed by atoms with Crippen LogP contribution in [0.2, 0.25) is 0 Å². The minimum atomic E-state index is -2.38. The Morgan fingerprint density at radius 2 is 2.25 bits per heavy atom. The number of carbonyl (C=O) groups excluding carboxylic acids is 1. The average Bonchev–Trinajstić information content (AvgIpc) is 2.27. The van der Waals surface area contributed by atoms with Crippen molar-refractivity contribution in [1.29, 1.82) is 0 Å². The molecular formula is C11H14O4S. The number of carbonyl (C=O) groups is 1. The molecule has 0 bridgehead atoms. The summed E-state index contributed by atoms with van der Waals surface area (Å²) in [7, 11) is -2.38. The van der Waals surface area contributed by atoms with E-state index >= 15 is 0 Å². The lowest BCUT2D eigenvalue weighted by Gasteiger charge is -2.21. The Kier molecular flexibility index (Phi) is 5.06. The molecule has 1 aliphatic rings. The molecule has 16 heavy (non-hydrogen) atoms. The molecule has 5 heteroatoms. The largest absolute Gasteiger partial charge is 0.466 e. The lowest BCUT2D eigenvalue weighted by Crippen LogP contribution is -2.22. The summed E-state index contributed by atoms with van der Waals surface area (Å²) in [6.07, 6.45) is 3.29. The van der Waals surface area contributed by atoms with Crippen LogP contribution in [0.3, 0.4) is 0 Å². The van der Waals surface area contributed by atoms with Gasteiger partial charge in [0.25, 0.3) is 10.3 Å². The Bertz CT molecular complexity index is 454. The number of rotatable bonds is 2. The summed E-state index contributed by atoms with van der Waals surface area (Å²) in [6.45, 7) is 2.09. The molecule has 1 rings (SSSR count). The van der Waals surface area contributed by atoms with E-state index in [1.54, 1.807) is 6.92 Å². The number of hydrogen-bond acceptors (Lipinski definition) is 4. The molecule has 0 aromatic carbocycles. The van der Waals surface area contributed by atoms with E-state index in [0.29, 0.717) is 25.0 Å². The summed E-state index contributed by atoms with van der Waals surface area (Å²) < 4.78 is 25.6. The van der Waals surface area contributed by atoms with Gasteiger partial charge < -0.3 is 4.74 Å². The lowest BCUT2D eigenvalue weighted by atomic mass is 9.85. The van der Waals surface area contributed by atoms with Gasteiger partial charge in [0, 0.05) is 0 Å². The molecule has 0 aromatic rings. The normalized spacial score (nSPS) is 19.6. The van der Waals surface area contributed by atoms with E-state index in [1.165, 1.54) is 0 Å². The van der Waals surface area contributed by atoms with Crippen LogP contribution in [0.4, 0.5) is 0 Å². The Hall–Kier alpha value is -1.28. The molecule has 0 amide bonds. The van der Waals surface area contributed by atoms with Crippen LogP contribution < -0.4 is 0 Å². The summed E-state index contributed by atoms with van der Waals surface area (Å²) in [4.78, 5) is 11.6. The number of esters is 1. The fraction of sp³-hybridized carbons (Fsp3) is 0.636. The van der Waals surface area contributed by atoms with Gasteiger partial charge in [-0.1, -0.05) is 12.2 Å². The molecule has 1 atom stereocenters. The highest BCUT2D eigenvalue weighted by Crippen LogP contribution is 2.29. The maximum atomic E-state index is 11.6. The SMILES string of the molecule is CCOC(=O)C1CCCCC1=C=C=S(=O)=O. The number of hydrogen-bond donors (Lipinski definition) is 0. The van der Waals surface area contributed by atoms with Crippen LogP contribution in [-0.2, 0) is 19.8 Å². The molecule has 1 saturated carbocycles. The van der Waals surface area contributed by atoms with Crippen molar-refractivity contribution in [3.05, 3.63) is 11.3 Å². The molecule has 0 saturated heterocycles. The highest BCUT2D eigenvalue weighted by atomic mass is 32.2. The van der Waals surface area contributed by atoms with Crippen molar-refractivity contribution in [2.24, 2.45) is 5.92 Å². The first-order valence-corrected chi connectivity index (χ1v) is 6.36. The third-order valence-corrected chi connectivity index (χ3v) is 2.74. The zero-order chi connectivity index (χ0) is 12.0. The van der Waals surface area contributed by atoms with Gasteiger partial charge in [-0.25, -0.2) is 0 Å². The molecule has 1 unspecified atom stereocenters. The average molecular weight is 242 g/mol. The fourth-order valence-corrected chi connectivity index (χ4v) is 1.99. The smallest absolute Gasteiger partial charge is 0.313 e. The summed E-state index contributed by atoms with van der Waals surface area (Å²) in [6, 6.07) is 0. The van der Waals surface area contributed by atoms with Gasteiger partial charge in [-0.05, 0) is 31.8 Å². The summed E-state index contributed by atoms with van der Waals surface area (Å²) >= 11 is 0. The third kappa shape index (κ3) is 3.70. The van der Waals surface area contributed by atoms with Gasteiger partial charge in [-0.15, -0.1) is 0 Å². The third-order valence-electron chi connectivity index (χ3n) is 2.48. The Morgan fingerprint density at radius 3 is 2.88 bits per heavy atom. The molecule has 0 aromatic heterocycles. The highest BCUT2D eigenvalue weighted by Gasteiger charge is 2.26. The van der Waals surface area contributed by atoms with Crippen LogP contribution in [0.5, 0.6) is 0 Å². The second-order valence-corrected chi connectivity index (χ2v) is 4.21. The predicted molar refractivity (Wildman–Crippen MR) is 59.5 cm³/mol. The maximum absolute atomic E-state index is 11.6. The van der Waals surface area contributed by atoms with Crippen molar-refractivity contribution in [3.63, 3.8) is 0 Å². The molecule has 0 N–H and O–H groups in total. The van der Waals surface area contributed by atoms with E-state index in [9.17, 15) is 13.2 Å². The molecule has 0 radical (unpaired) electrons. The van der Waals surface area contributed by atoms with E-state index in [1.807, 2.05) is 0 Å². The molecule has 4 nitrogen and oxygen atoms in total. The van der Waals surface area contributed by atoms with E-state index in [-0.39, 0.29) is 11.9 Å². The Balaban J connectivity index is 3.01. The molecule has 88 valence electrons. The zero-order valence-electron chi connectivity index (χ0n) is 9.15. The van der Waals surface area contributed by atoms with Gasteiger partial charge in [-0.3, -0.25) is 4.79 Å². The van der Waals surface area contributed by atoms with Crippen molar-refractivity contribution in [3.8, 4) is 0 Å². The number of ether oxygens (including phenoxy) is 1. The quantitative estimate of drug-likeness (QED) is 0.413. The van der Waals surface area contributed by atoms with Crippen molar-refractivity contribution in [1.82, 2.24) is 0 Å². The standard InChI is InChI=1S/C11H14O4S/c1-2-15-11(12)10-6-4-3-5-9(10)7-8-16(13)14/h10H,2-6H2,1H3. The van der Waals surface area contributed by atoms with Gasteiger partial charge in [0.1, 0.15) is 0 Å². The topological polar surface area (TPSA) is 60.4 Å². The van der Waals surface area contributed by atoms with E-state index in [0.717, 1.165) is 12.8 Å². The molecule has 1 fully saturated rings. The molecule has 0 aliphatic heterocycles. The minimum absolute atomic E-state index is 0.289. The van der Waals surface area contributed by atoms with E-state index in [2.05, 4.69) is 10.8 Å². The van der Waals surface area contributed by atoms with Crippen molar-refractivity contribution >= 4 is 21.3 Å². The minimum Gasteiger partial charge on any atom is -0.466 e. The van der Waals surface area contributed by atoms with Crippen LogP contribution in [0.25, 0.3) is 0 Å². The van der Waals surface area contributed by atoms with E-state index < -0.39 is 10.3 Å². The van der Waals surface area contributed by atoms with Crippen LogP contribution in [0, 0.1) is 5.92 Å². The van der Waals surface area contributed by atoms with Crippen LogP contribution >= 0.6 is 0 Å². The van der Waals surface area contributed by atoms with Crippen molar-refractivity contribution in [2.45, 2.75) is 32.6 Å². The van der Waals surface area contributed by atoms with Gasteiger partial charge in [0.05, 0.1) is 17.5 Å². The second kappa shape index (κ2) is 6.33. The van der Waals surface area contributed by atoms with Gasteiger partial charge in [0.2, 0.25) is 0 Å². The Morgan fingerprint density at radius 1 is 1.50 bits per heavy atom. The fourth-order valence-electron chi connectivity index (χ4n) is 1.77. The first-order chi connectivity index (χ1) is 7.65. The lowest BCUT2D eigenvalue weighted by molar-refractivity contribution is -0.147. The van der Waals surface area contributed by atoms with Crippen molar-refractivity contribution < 1.29 is 17.9 Å². The van der Waals surface area contributed by atoms with Crippen molar-refractivity contribution in [2.75, 3.05) is 6.61 Å². The van der Waals surface area contributed by atoms with Gasteiger partial charge >= 0.3 is 5.97 Å². The summed E-state index contributed by atoms with van der Waals surface area (Å²) in [5, 5.41) is 2.06. The van der Waals surface area contributed by atoms with Gasteiger partial charge in [0.15, 0.2) is 0 Å². The summed E-state index contributed by atoms with van der Waals surface area (Å²) in [5.41, 5.74) is 3.25. The van der Waals surface area contributed by atoms with Crippen LogP contribution in [-0.4, -0.2) is 26.0 Å². The predicted octanol–water partition coefficient (Wildman–Crippen LogP) is 1.10. The molecular weight excluding hydrogens is 228 g/mol. The van der Waals surface area contributed by atoms with Crippen LogP contribution in [0.15, 0.2) is 11.3 Å².